The molecule has 0 bridgehead atoms. The van der Waals surface area contributed by atoms with E-state index in [0.29, 0.717) is 17.2 Å². The lowest BCUT2D eigenvalue weighted by Gasteiger charge is -1.98. The zero-order chi connectivity index (χ0) is 12.7. The van der Waals surface area contributed by atoms with Gasteiger partial charge in [-0.15, -0.1) is 0 Å². The molecule has 0 atom stereocenters. The highest BCUT2D eigenvalue weighted by Gasteiger charge is 2.14. The van der Waals surface area contributed by atoms with Crippen molar-refractivity contribution in [1.82, 2.24) is 9.97 Å². The second kappa shape index (κ2) is 3.66. The van der Waals surface area contributed by atoms with E-state index in [1.165, 1.54) is 6.07 Å². The predicted molar refractivity (Wildman–Crippen MR) is 65.9 cm³/mol. The normalized spacial score (nSPS) is 10.9. The maximum Gasteiger partial charge on any atom is 0.354 e. The number of rotatable bonds is 2. The van der Waals surface area contributed by atoms with E-state index < -0.39 is 5.97 Å². The number of H-pyrrole nitrogens is 1. The molecule has 0 aliphatic carbocycles. The Labute approximate surface area is 101 Å². The van der Waals surface area contributed by atoms with Crippen molar-refractivity contribution in [3.05, 3.63) is 41.7 Å². The second-order valence-corrected chi connectivity index (χ2v) is 3.91. The zero-order valence-electron chi connectivity index (χ0n) is 9.18. The van der Waals surface area contributed by atoms with Gasteiger partial charge in [0.1, 0.15) is 11.4 Å². The van der Waals surface area contributed by atoms with Crippen LogP contribution in [0.4, 0.5) is 0 Å². The topological polar surface area (TPSA) is 83.1 Å². The zero-order valence-corrected chi connectivity index (χ0v) is 9.18. The Morgan fingerprint density at radius 2 is 2.06 bits per heavy atom. The van der Waals surface area contributed by atoms with Crippen molar-refractivity contribution in [2.45, 2.75) is 0 Å². The van der Waals surface area contributed by atoms with E-state index in [1.807, 2.05) is 24.3 Å². The van der Waals surface area contributed by atoms with Crippen LogP contribution in [0.25, 0.3) is 21.8 Å². The van der Waals surface area contributed by atoms with Crippen LogP contribution in [0, 0.1) is 0 Å². The fraction of sp³-hybridized carbons (Fsp3) is 0. The van der Waals surface area contributed by atoms with Crippen molar-refractivity contribution in [1.29, 1.82) is 0 Å². The van der Waals surface area contributed by atoms with Gasteiger partial charge in [-0.1, -0.05) is 18.2 Å². The maximum absolute atomic E-state index is 11.0. The highest BCUT2D eigenvalue weighted by atomic mass is 16.4. The molecule has 5 nitrogen and oxygen atoms in total. The lowest BCUT2D eigenvalue weighted by molar-refractivity contribution is 0.0690. The van der Waals surface area contributed by atoms with Gasteiger partial charge in [-0.3, -0.25) is 4.79 Å². The first-order chi connectivity index (χ1) is 8.70. The number of para-hydroxylation sites is 1. The number of benzene rings is 1. The first-order valence-electron chi connectivity index (χ1n) is 5.30. The number of carboxylic acids is 1. The van der Waals surface area contributed by atoms with Gasteiger partial charge < -0.3 is 10.1 Å². The Balaban J connectivity index is 2.52. The summed E-state index contributed by atoms with van der Waals surface area (Å²) < 4.78 is 0. The second-order valence-electron chi connectivity index (χ2n) is 3.91. The van der Waals surface area contributed by atoms with Gasteiger partial charge in [0.2, 0.25) is 0 Å². The number of hydrogen-bond donors (Lipinski definition) is 2. The molecule has 0 saturated carbocycles. The molecule has 0 aliphatic heterocycles. The van der Waals surface area contributed by atoms with E-state index in [9.17, 15) is 9.59 Å². The first-order valence-corrected chi connectivity index (χ1v) is 5.30. The van der Waals surface area contributed by atoms with Gasteiger partial charge in [-0.05, 0) is 12.1 Å². The maximum atomic E-state index is 11.0. The molecule has 5 heteroatoms. The van der Waals surface area contributed by atoms with Crippen LogP contribution in [-0.2, 0) is 0 Å². The summed E-state index contributed by atoms with van der Waals surface area (Å²) in [7, 11) is 0. The van der Waals surface area contributed by atoms with Crippen LogP contribution in [-0.4, -0.2) is 27.3 Å². The van der Waals surface area contributed by atoms with Gasteiger partial charge in [-0.2, -0.15) is 0 Å². The number of nitrogens with one attached hydrogen (secondary N) is 1. The van der Waals surface area contributed by atoms with E-state index in [0.717, 1.165) is 10.9 Å². The number of fused-ring (bicyclic) bond motifs is 3. The van der Waals surface area contributed by atoms with Crippen LogP contribution in [0.15, 0.2) is 30.3 Å². The lowest BCUT2D eigenvalue weighted by atomic mass is 10.1. The van der Waals surface area contributed by atoms with E-state index in [-0.39, 0.29) is 11.4 Å². The number of aromatic amines is 1. The van der Waals surface area contributed by atoms with Gasteiger partial charge in [0.25, 0.3) is 0 Å². The summed E-state index contributed by atoms with van der Waals surface area (Å²) in [5.74, 6) is -1.15. The van der Waals surface area contributed by atoms with Crippen molar-refractivity contribution in [2.24, 2.45) is 0 Å². The van der Waals surface area contributed by atoms with Crippen molar-refractivity contribution in [3.63, 3.8) is 0 Å². The molecular weight excluding hydrogens is 232 g/mol. The fourth-order valence-corrected chi connectivity index (χ4v) is 2.07. The summed E-state index contributed by atoms with van der Waals surface area (Å²) in [6.45, 7) is 0. The van der Waals surface area contributed by atoms with Crippen molar-refractivity contribution in [2.75, 3.05) is 0 Å². The average Bonchev–Trinajstić information content (AvgIpc) is 2.76. The first kappa shape index (κ1) is 10.5. The van der Waals surface area contributed by atoms with Crippen LogP contribution in [0.1, 0.15) is 21.0 Å². The van der Waals surface area contributed by atoms with Crippen LogP contribution in [0.5, 0.6) is 0 Å². The Bertz CT molecular complexity index is 789. The number of carbonyl (C=O) groups excluding carboxylic acids is 1. The summed E-state index contributed by atoms with van der Waals surface area (Å²) in [5.41, 5.74) is 1.39. The SMILES string of the molecule is O=Cc1nc(C(=O)O)cc2c1[nH]c1ccccc12. The van der Waals surface area contributed by atoms with Crippen molar-refractivity contribution < 1.29 is 14.7 Å². The molecule has 1 aromatic carbocycles. The highest BCUT2D eigenvalue weighted by molar-refractivity contribution is 6.12. The summed E-state index contributed by atoms with van der Waals surface area (Å²) in [6.07, 6.45) is 0.560. The third-order valence-corrected chi connectivity index (χ3v) is 2.86. The Morgan fingerprint density at radius 1 is 1.28 bits per heavy atom. The Kier molecular flexibility index (Phi) is 2.13. The minimum atomic E-state index is -1.15. The molecule has 2 aromatic heterocycles. The highest BCUT2D eigenvalue weighted by Crippen LogP contribution is 2.26. The molecule has 0 unspecified atom stereocenters. The molecule has 3 rings (SSSR count). The monoisotopic (exact) mass is 240 g/mol. The van der Waals surface area contributed by atoms with E-state index in [2.05, 4.69) is 9.97 Å². The summed E-state index contributed by atoms with van der Waals surface area (Å²) >= 11 is 0. The van der Waals surface area contributed by atoms with E-state index in [1.54, 1.807) is 0 Å². The van der Waals surface area contributed by atoms with E-state index >= 15 is 0 Å². The van der Waals surface area contributed by atoms with Gasteiger partial charge in [0, 0.05) is 16.3 Å². The molecule has 0 aliphatic rings. The van der Waals surface area contributed by atoms with Gasteiger partial charge in [0.05, 0.1) is 5.52 Å². The fourth-order valence-electron chi connectivity index (χ4n) is 2.07. The molecule has 0 radical (unpaired) electrons. The molecular formula is C13H8N2O3. The number of aromatic nitrogens is 2. The van der Waals surface area contributed by atoms with Crippen molar-refractivity contribution in [3.8, 4) is 0 Å². The van der Waals surface area contributed by atoms with E-state index in [4.69, 9.17) is 5.11 Å². The largest absolute Gasteiger partial charge is 0.477 e. The Morgan fingerprint density at radius 3 is 2.78 bits per heavy atom. The number of pyridine rings is 1. The summed E-state index contributed by atoms with van der Waals surface area (Å²) in [4.78, 5) is 28.9. The van der Waals surface area contributed by atoms with Crippen LogP contribution < -0.4 is 0 Å². The lowest BCUT2D eigenvalue weighted by Crippen LogP contribution is -2.03. The number of carboxylic acid groups (broad SMARTS) is 1. The molecule has 18 heavy (non-hydrogen) atoms. The molecule has 2 heterocycles. The third kappa shape index (κ3) is 1.37. The molecule has 2 N–H and O–H groups in total. The predicted octanol–water partition coefficient (Wildman–Crippen LogP) is 2.23. The summed E-state index contributed by atoms with van der Waals surface area (Å²) in [5, 5.41) is 10.6. The third-order valence-electron chi connectivity index (χ3n) is 2.86. The van der Waals surface area contributed by atoms with Crippen LogP contribution >= 0.6 is 0 Å². The molecule has 0 fully saturated rings. The Hall–Kier alpha value is -2.69. The minimum absolute atomic E-state index is 0.112. The molecule has 0 saturated heterocycles. The molecule has 3 aromatic rings. The summed E-state index contributed by atoms with van der Waals surface area (Å²) in [6, 6.07) is 8.93. The van der Waals surface area contributed by atoms with Gasteiger partial charge in [-0.25, -0.2) is 9.78 Å². The molecule has 0 amide bonds. The van der Waals surface area contributed by atoms with Crippen LogP contribution in [0.2, 0.25) is 0 Å². The minimum Gasteiger partial charge on any atom is -0.477 e. The number of aromatic carboxylic acids is 1. The number of carbonyl (C=O) groups is 2. The quantitative estimate of drug-likeness (QED) is 0.673. The van der Waals surface area contributed by atoms with Crippen LogP contribution in [0.3, 0.4) is 0 Å². The molecule has 0 spiro atoms. The smallest absolute Gasteiger partial charge is 0.354 e. The number of hydrogen-bond acceptors (Lipinski definition) is 3. The van der Waals surface area contributed by atoms with Crippen molar-refractivity contribution >= 4 is 34.1 Å². The number of nitrogens with zero attached hydrogens (tertiary/aromatic N) is 1. The standard InChI is InChI=1S/C13H8N2O3/c16-6-11-12-8(5-10(14-11)13(17)18)7-3-1-2-4-9(7)15-12/h1-6,15H,(H,17,18). The average molecular weight is 240 g/mol. The van der Waals surface area contributed by atoms with Gasteiger partial charge in [0.15, 0.2) is 6.29 Å². The molecule has 88 valence electrons. The van der Waals surface area contributed by atoms with Gasteiger partial charge >= 0.3 is 5.97 Å². The number of aldehydes is 1.